The normalized spacial score (nSPS) is 27.7. The summed E-state index contributed by atoms with van der Waals surface area (Å²) >= 11 is 0. The monoisotopic (exact) mass is 397 g/mol. The van der Waals surface area contributed by atoms with Gasteiger partial charge in [0.2, 0.25) is 0 Å². The van der Waals surface area contributed by atoms with Crippen molar-refractivity contribution in [3.8, 4) is 0 Å². The molecular formula is C17H27N5O4S. The highest BCUT2D eigenvalue weighted by molar-refractivity contribution is 7.86. The smallest absolute Gasteiger partial charge is 0.282 e. The first-order chi connectivity index (χ1) is 12.9. The quantitative estimate of drug-likeness (QED) is 0.713. The standard InChI is InChI=1S/C17H27N5O4S/c1-13-11-21(12-14(2)26-13)27(24,25)20-8-6-19(7-9-20)17(23)15-10-18-22-5-3-4-16(15)22/h10,13-14H,3-9,11-12H2,1-2H3. The number of hydrogen-bond acceptors (Lipinski definition) is 5. The van der Waals surface area contributed by atoms with E-state index in [1.165, 1.54) is 8.61 Å². The van der Waals surface area contributed by atoms with E-state index in [4.69, 9.17) is 4.74 Å². The van der Waals surface area contributed by atoms with E-state index in [1.54, 1.807) is 11.1 Å². The van der Waals surface area contributed by atoms with Gasteiger partial charge in [0, 0.05) is 45.8 Å². The maximum atomic E-state index is 13.0. The number of ether oxygens (including phenoxy) is 1. The van der Waals surface area contributed by atoms with E-state index in [2.05, 4.69) is 5.10 Å². The highest BCUT2D eigenvalue weighted by atomic mass is 32.2. The Hall–Kier alpha value is -1.49. The number of hydrogen-bond donors (Lipinski definition) is 0. The van der Waals surface area contributed by atoms with E-state index in [0.717, 1.165) is 25.1 Å². The molecule has 9 nitrogen and oxygen atoms in total. The number of rotatable bonds is 3. The van der Waals surface area contributed by atoms with Gasteiger partial charge < -0.3 is 9.64 Å². The summed E-state index contributed by atoms with van der Waals surface area (Å²) in [5.41, 5.74) is 1.67. The maximum absolute atomic E-state index is 13.0. The molecule has 27 heavy (non-hydrogen) atoms. The molecule has 1 amide bonds. The summed E-state index contributed by atoms with van der Waals surface area (Å²) in [6, 6.07) is 0. The molecule has 0 bridgehead atoms. The fourth-order valence-electron chi connectivity index (χ4n) is 4.22. The van der Waals surface area contributed by atoms with E-state index >= 15 is 0 Å². The summed E-state index contributed by atoms with van der Waals surface area (Å²) in [7, 11) is -3.53. The van der Waals surface area contributed by atoms with Gasteiger partial charge in [-0.25, -0.2) is 0 Å². The van der Waals surface area contributed by atoms with Gasteiger partial charge in [0.1, 0.15) is 0 Å². The van der Waals surface area contributed by atoms with Gasteiger partial charge in [-0.1, -0.05) is 0 Å². The van der Waals surface area contributed by atoms with Gasteiger partial charge in [-0.05, 0) is 26.7 Å². The molecule has 0 radical (unpaired) electrons. The highest BCUT2D eigenvalue weighted by Gasteiger charge is 2.37. The lowest BCUT2D eigenvalue weighted by Gasteiger charge is -2.40. The van der Waals surface area contributed by atoms with Gasteiger partial charge in [0.05, 0.1) is 29.7 Å². The van der Waals surface area contributed by atoms with Gasteiger partial charge >= 0.3 is 0 Å². The minimum Gasteiger partial charge on any atom is -0.373 e. The number of amides is 1. The molecule has 4 heterocycles. The third-order valence-electron chi connectivity index (χ3n) is 5.53. The molecule has 2 atom stereocenters. The van der Waals surface area contributed by atoms with E-state index in [-0.39, 0.29) is 18.1 Å². The number of piperazine rings is 1. The van der Waals surface area contributed by atoms with Crippen LogP contribution in [0.1, 0.15) is 36.3 Å². The third kappa shape index (κ3) is 3.51. The van der Waals surface area contributed by atoms with Gasteiger partial charge in [-0.2, -0.15) is 22.1 Å². The van der Waals surface area contributed by atoms with Crippen molar-refractivity contribution in [2.45, 2.75) is 45.4 Å². The molecular weight excluding hydrogens is 370 g/mol. The Morgan fingerprint density at radius 1 is 1.07 bits per heavy atom. The topological polar surface area (TPSA) is 88.0 Å². The van der Waals surface area contributed by atoms with Crippen molar-refractivity contribution in [2.75, 3.05) is 39.3 Å². The van der Waals surface area contributed by atoms with Gasteiger partial charge in [-0.3, -0.25) is 9.48 Å². The number of carbonyl (C=O) groups is 1. The first-order valence-electron chi connectivity index (χ1n) is 9.61. The van der Waals surface area contributed by atoms with Crippen LogP contribution in [0.5, 0.6) is 0 Å². The van der Waals surface area contributed by atoms with Crippen molar-refractivity contribution in [1.29, 1.82) is 0 Å². The van der Waals surface area contributed by atoms with Crippen molar-refractivity contribution in [2.24, 2.45) is 0 Å². The third-order valence-corrected chi connectivity index (χ3v) is 7.50. The molecule has 2 fully saturated rings. The predicted octanol–water partition coefficient (Wildman–Crippen LogP) is -0.0589. The number of nitrogens with zero attached hydrogens (tertiary/aromatic N) is 5. The Morgan fingerprint density at radius 2 is 1.74 bits per heavy atom. The Balaban J connectivity index is 1.40. The summed E-state index contributed by atoms with van der Waals surface area (Å²) in [6.45, 7) is 6.82. The molecule has 3 aliphatic heterocycles. The van der Waals surface area contributed by atoms with Crippen molar-refractivity contribution in [3.05, 3.63) is 17.5 Å². The van der Waals surface area contributed by atoms with Crippen LogP contribution in [0, 0.1) is 0 Å². The lowest BCUT2D eigenvalue weighted by Crippen LogP contribution is -2.57. The van der Waals surface area contributed by atoms with Crippen molar-refractivity contribution >= 4 is 16.1 Å². The fourth-order valence-corrected chi connectivity index (χ4v) is 5.96. The van der Waals surface area contributed by atoms with Crippen LogP contribution in [0.25, 0.3) is 0 Å². The molecule has 2 unspecified atom stereocenters. The Kier molecular flexibility index (Phi) is 5.00. The van der Waals surface area contributed by atoms with Crippen molar-refractivity contribution in [1.82, 2.24) is 23.3 Å². The minimum atomic E-state index is -3.53. The van der Waals surface area contributed by atoms with Crippen molar-refractivity contribution < 1.29 is 17.9 Å². The number of fused-ring (bicyclic) bond motifs is 1. The molecule has 0 saturated carbocycles. The van der Waals surface area contributed by atoms with Gasteiger partial charge in [0.15, 0.2) is 0 Å². The molecule has 1 aromatic heterocycles. The lowest BCUT2D eigenvalue weighted by molar-refractivity contribution is -0.0457. The second kappa shape index (κ2) is 7.16. The second-order valence-corrected chi connectivity index (χ2v) is 9.53. The summed E-state index contributed by atoms with van der Waals surface area (Å²) in [5, 5.41) is 4.29. The maximum Gasteiger partial charge on any atom is 0.282 e. The molecule has 1 aromatic rings. The summed E-state index contributed by atoms with van der Waals surface area (Å²) < 4.78 is 36.5. The van der Waals surface area contributed by atoms with Crippen LogP contribution in [-0.4, -0.2) is 89.1 Å². The van der Waals surface area contributed by atoms with E-state index in [1.807, 2.05) is 18.5 Å². The SMILES string of the molecule is CC1CN(S(=O)(=O)N2CCN(C(=O)c3cnn4c3CCC4)CC2)CC(C)O1. The number of morpholine rings is 1. The second-order valence-electron chi connectivity index (χ2n) is 7.60. The van der Waals surface area contributed by atoms with Gasteiger partial charge in [-0.15, -0.1) is 0 Å². The van der Waals surface area contributed by atoms with Crippen LogP contribution in [0.2, 0.25) is 0 Å². The molecule has 150 valence electrons. The molecule has 10 heteroatoms. The first-order valence-corrected chi connectivity index (χ1v) is 11.0. The van der Waals surface area contributed by atoms with Crippen LogP contribution >= 0.6 is 0 Å². The Morgan fingerprint density at radius 3 is 2.41 bits per heavy atom. The van der Waals surface area contributed by atoms with E-state index in [9.17, 15) is 13.2 Å². The highest BCUT2D eigenvalue weighted by Crippen LogP contribution is 2.22. The molecule has 0 aliphatic carbocycles. The summed E-state index contributed by atoms with van der Waals surface area (Å²) in [5.74, 6) is -0.0381. The first kappa shape index (κ1) is 18.9. The molecule has 4 rings (SSSR count). The predicted molar refractivity (Wildman–Crippen MR) is 98.5 cm³/mol. The largest absolute Gasteiger partial charge is 0.373 e. The molecule has 3 aliphatic rings. The average molecular weight is 398 g/mol. The molecule has 0 aromatic carbocycles. The van der Waals surface area contributed by atoms with E-state index < -0.39 is 10.2 Å². The van der Waals surface area contributed by atoms with Gasteiger partial charge in [0.25, 0.3) is 16.1 Å². The molecule has 0 spiro atoms. The van der Waals surface area contributed by atoms with E-state index in [0.29, 0.717) is 44.8 Å². The number of aryl methyl sites for hydroxylation is 1. The molecule has 2 saturated heterocycles. The zero-order valence-corrected chi connectivity index (χ0v) is 16.7. The fraction of sp³-hybridized carbons (Fsp3) is 0.765. The van der Waals surface area contributed by atoms with Crippen molar-refractivity contribution in [3.63, 3.8) is 0 Å². The minimum absolute atomic E-state index is 0.0381. The zero-order valence-electron chi connectivity index (χ0n) is 15.9. The van der Waals surface area contributed by atoms with Crippen LogP contribution in [0.3, 0.4) is 0 Å². The Labute approximate surface area is 160 Å². The number of carbonyl (C=O) groups excluding carboxylic acids is 1. The lowest BCUT2D eigenvalue weighted by atomic mass is 10.1. The van der Waals surface area contributed by atoms with Crippen LogP contribution in [0.15, 0.2) is 6.20 Å². The average Bonchev–Trinajstić information content (AvgIpc) is 3.24. The summed E-state index contributed by atoms with van der Waals surface area (Å²) in [6.07, 6.45) is 3.32. The van der Waals surface area contributed by atoms with Crippen LogP contribution in [-0.2, 0) is 27.9 Å². The van der Waals surface area contributed by atoms with Crippen LogP contribution < -0.4 is 0 Å². The molecule has 0 N–H and O–H groups in total. The van der Waals surface area contributed by atoms with Crippen LogP contribution in [0.4, 0.5) is 0 Å². The number of aromatic nitrogens is 2. The Bertz CT molecular complexity index is 805. The zero-order chi connectivity index (χ0) is 19.2. The summed E-state index contributed by atoms with van der Waals surface area (Å²) in [4.78, 5) is 14.6.